The lowest BCUT2D eigenvalue weighted by molar-refractivity contribution is 0.222. The summed E-state index contributed by atoms with van der Waals surface area (Å²) in [6.45, 7) is 5.84. The van der Waals surface area contributed by atoms with Gasteiger partial charge in [0.2, 0.25) is 10.0 Å². The maximum Gasteiger partial charge on any atom is 0.277 e. The highest BCUT2D eigenvalue weighted by Crippen LogP contribution is 2.32. The summed E-state index contributed by atoms with van der Waals surface area (Å²) in [6, 6.07) is 3.03. The molecule has 3 aromatic heterocycles. The van der Waals surface area contributed by atoms with Crippen LogP contribution in [0.15, 0.2) is 26.2 Å². The van der Waals surface area contributed by atoms with Crippen molar-refractivity contribution in [2.75, 3.05) is 33.2 Å². The van der Waals surface area contributed by atoms with Crippen molar-refractivity contribution in [3.63, 3.8) is 0 Å². The van der Waals surface area contributed by atoms with E-state index in [4.69, 9.17) is 9.40 Å². The molecule has 0 amide bonds. The van der Waals surface area contributed by atoms with Crippen LogP contribution in [0.5, 0.6) is 0 Å². The molecule has 180 valence electrons. The fourth-order valence-electron chi connectivity index (χ4n) is 4.40. The quantitative estimate of drug-likeness (QED) is 0.452. The first kappa shape index (κ1) is 22.7. The predicted molar refractivity (Wildman–Crippen MR) is 127 cm³/mol. The number of aromatic nitrogens is 5. The highest BCUT2D eigenvalue weighted by atomic mass is 32.2. The molecule has 0 atom stereocenters. The summed E-state index contributed by atoms with van der Waals surface area (Å²) >= 11 is 0. The van der Waals surface area contributed by atoms with Gasteiger partial charge in [-0.05, 0) is 25.6 Å². The summed E-state index contributed by atoms with van der Waals surface area (Å²) in [5.74, 6) is 0.612. The molecule has 1 aliphatic heterocycles. The number of nitrogens with zero attached hydrogens (tertiary/aromatic N) is 6. The van der Waals surface area contributed by atoms with Crippen LogP contribution in [0.1, 0.15) is 24.9 Å². The Labute approximate surface area is 196 Å². The summed E-state index contributed by atoms with van der Waals surface area (Å²) in [5, 5.41) is 4.46. The molecule has 1 fully saturated rings. The number of hydrogen-bond acceptors (Lipinski definition) is 8. The van der Waals surface area contributed by atoms with E-state index < -0.39 is 10.0 Å². The average Bonchev–Trinajstić information content (AvgIpc) is 3.32. The molecule has 5 rings (SSSR count). The number of aromatic amines is 1. The van der Waals surface area contributed by atoms with E-state index in [1.807, 2.05) is 14.0 Å². The number of hydrogen-bond donors (Lipinski definition) is 1. The lowest BCUT2D eigenvalue weighted by atomic mass is 10.1. The highest BCUT2D eigenvalue weighted by Gasteiger charge is 2.30. The van der Waals surface area contributed by atoms with Gasteiger partial charge in [0.05, 0.1) is 16.2 Å². The topological polar surface area (TPSA) is 130 Å². The molecular formula is C22H27N7O4S. The summed E-state index contributed by atoms with van der Waals surface area (Å²) in [5.41, 5.74) is 2.38. The van der Waals surface area contributed by atoms with Gasteiger partial charge in [-0.2, -0.15) is 9.40 Å². The van der Waals surface area contributed by atoms with Gasteiger partial charge < -0.3 is 14.3 Å². The van der Waals surface area contributed by atoms with Crippen LogP contribution in [-0.2, 0) is 23.5 Å². The van der Waals surface area contributed by atoms with Crippen molar-refractivity contribution >= 4 is 32.2 Å². The maximum absolute atomic E-state index is 13.5. The Hall–Kier alpha value is -3.09. The molecule has 0 aliphatic carbocycles. The molecule has 0 bridgehead atoms. The van der Waals surface area contributed by atoms with E-state index >= 15 is 0 Å². The number of H-pyrrole nitrogens is 1. The first-order valence-corrected chi connectivity index (χ1v) is 12.7. The molecule has 12 heteroatoms. The van der Waals surface area contributed by atoms with Crippen molar-refractivity contribution in [3.05, 3.63) is 34.1 Å². The maximum atomic E-state index is 13.5. The molecule has 11 nitrogen and oxygen atoms in total. The first-order chi connectivity index (χ1) is 16.2. The van der Waals surface area contributed by atoms with Crippen molar-refractivity contribution in [1.82, 2.24) is 33.9 Å². The SMILES string of the molecule is CCCc1nn(C)c2c(=O)[nH]c(-c3cc(S(=O)(=O)N4CCN(C)CC4)cc4nc(C)oc34)nc12. The van der Waals surface area contributed by atoms with Crippen LogP contribution < -0.4 is 5.56 Å². The molecule has 1 saturated heterocycles. The zero-order valence-electron chi connectivity index (χ0n) is 19.6. The van der Waals surface area contributed by atoms with Crippen molar-refractivity contribution < 1.29 is 12.8 Å². The third kappa shape index (κ3) is 3.71. The van der Waals surface area contributed by atoms with Gasteiger partial charge in [0.25, 0.3) is 5.56 Å². The van der Waals surface area contributed by atoms with Crippen molar-refractivity contribution in [3.8, 4) is 11.4 Å². The van der Waals surface area contributed by atoms with E-state index in [0.717, 1.165) is 12.1 Å². The summed E-state index contributed by atoms with van der Waals surface area (Å²) < 4.78 is 35.8. The number of aryl methyl sites for hydroxylation is 3. The Balaban J connectivity index is 1.72. The van der Waals surface area contributed by atoms with E-state index in [1.54, 1.807) is 14.0 Å². The van der Waals surface area contributed by atoms with Gasteiger partial charge in [0, 0.05) is 40.2 Å². The van der Waals surface area contributed by atoms with Gasteiger partial charge in [-0.15, -0.1) is 0 Å². The van der Waals surface area contributed by atoms with E-state index in [0.29, 0.717) is 66.2 Å². The monoisotopic (exact) mass is 485 g/mol. The fraction of sp³-hybridized carbons (Fsp3) is 0.455. The molecule has 34 heavy (non-hydrogen) atoms. The second-order valence-electron chi connectivity index (χ2n) is 8.69. The number of piperazine rings is 1. The van der Waals surface area contributed by atoms with Crippen LogP contribution in [0.2, 0.25) is 0 Å². The van der Waals surface area contributed by atoms with Gasteiger partial charge in [-0.25, -0.2) is 18.4 Å². The van der Waals surface area contributed by atoms with Crippen LogP contribution in [-0.4, -0.2) is 75.6 Å². The Morgan fingerprint density at radius 3 is 2.56 bits per heavy atom. The van der Waals surface area contributed by atoms with Crippen molar-refractivity contribution in [2.45, 2.75) is 31.6 Å². The van der Waals surface area contributed by atoms with Crippen molar-refractivity contribution in [2.24, 2.45) is 7.05 Å². The second-order valence-corrected chi connectivity index (χ2v) is 10.6. The lowest BCUT2D eigenvalue weighted by Gasteiger charge is -2.31. The van der Waals surface area contributed by atoms with Gasteiger partial charge in [0.15, 0.2) is 17.0 Å². The number of benzene rings is 1. The predicted octanol–water partition coefficient (Wildman–Crippen LogP) is 1.66. The molecule has 4 heterocycles. The van der Waals surface area contributed by atoms with Crippen molar-refractivity contribution in [1.29, 1.82) is 0 Å². The zero-order chi connectivity index (χ0) is 24.2. The van der Waals surface area contributed by atoms with Crippen LogP contribution in [0.3, 0.4) is 0 Å². The molecule has 4 aromatic rings. The van der Waals surface area contributed by atoms with Gasteiger partial charge in [-0.3, -0.25) is 9.48 Å². The molecule has 1 N–H and O–H groups in total. The Morgan fingerprint density at radius 1 is 1.12 bits per heavy atom. The summed E-state index contributed by atoms with van der Waals surface area (Å²) in [6.07, 6.45) is 1.52. The molecule has 0 unspecified atom stereocenters. The Morgan fingerprint density at radius 2 is 1.85 bits per heavy atom. The fourth-order valence-corrected chi connectivity index (χ4v) is 5.87. The number of sulfonamides is 1. The zero-order valence-corrected chi connectivity index (χ0v) is 20.4. The van der Waals surface area contributed by atoms with Crippen LogP contribution in [0.25, 0.3) is 33.5 Å². The summed E-state index contributed by atoms with van der Waals surface area (Å²) in [7, 11) is -0.0991. The van der Waals surface area contributed by atoms with Gasteiger partial charge >= 0.3 is 0 Å². The first-order valence-electron chi connectivity index (χ1n) is 11.2. The lowest BCUT2D eigenvalue weighted by Crippen LogP contribution is -2.47. The van der Waals surface area contributed by atoms with Crippen LogP contribution in [0, 0.1) is 6.92 Å². The Kier molecular flexibility index (Phi) is 5.53. The molecule has 1 aliphatic rings. The largest absolute Gasteiger partial charge is 0.440 e. The minimum atomic E-state index is -3.77. The number of likely N-dealkylation sites (N-methyl/N-ethyl adjacent to an activating group) is 1. The minimum Gasteiger partial charge on any atom is -0.440 e. The average molecular weight is 486 g/mol. The summed E-state index contributed by atoms with van der Waals surface area (Å²) in [4.78, 5) is 27.0. The normalized spacial score (nSPS) is 16.1. The van der Waals surface area contributed by atoms with Crippen LogP contribution >= 0.6 is 0 Å². The van der Waals surface area contributed by atoms with E-state index in [1.165, 1.54) is 21.1 Å². The number of rotatable bonds is 5. The molecular weight excluding hydrogens is 458 g/mol. The smallest absolute Gasteiger partial charge is 0.277 e. The van der Waals surface area contributed by atoms with E-state index in [2.05, 4.69) is 20.0 Å². The van der Waals surface area contributed by atoms with Gasteiger partial charge in [-0.1, -0.05) is 13.3 Å². The number of fused-ring (bicyclic) bond motifs is 2. The molecule has 0 spiro atoms. The molecule has 1 aromatic carbocycles. The van der Waals surface area contributed by atoms with Crippen LogP contribution in [0.4, 0.5) is 0 Å². The third-order valence-corrected chi connectivity index (χ3v) is 8.05. The molecule has 0 radical (unpaired) electrons. The number of oxazole rings is 1. The van der Waals surface area contributed by atoms with Gasteiger partial charge in [0.1, 0.15) is 16.9 Å². The minimum absolute atomic E-state index is 0.0931. The highest BCUT2D eigenvalue weighted by molar-refractivity contribution is 7.89. The number of nitrogens with one attached hydrogen (secondary N) is 1. The Bertz CT molecular complexity index is 1560. The second kappa shape index (κ2) is 8.29. The van der Waals surface area contributed by atoms with E-state index in [-0.39, 0.29) is 16.3 Å². The molecule has 0 saturated carbocycles. The van der Waals surface area contributed by atoms with E-state index in [9.17, 15) is 13.2 Å². The third-order valence-electron chi connectivity index (χ3n) is 6.18. The standard InChI is InChI=1S/C22H27N7O4S/c1-5-6-16-18-19(28(4)26-16)22(30)25-21(24-18)15-11-14(12-17-20(15)33-13(2)23-17)34(31,32)29-9-7-27(3)8-10-29/h11-12H,5-10H2,1-4H3,(H,24,25,30).